The molecule has 0 saturated carbocycles. The molecule has 0 spiro atoms. The van der Waals surface area contributed by atoms with Crippen molar-refractivity contribution in [2.24, 2.45) is 0 Å². The Morgan fingerprint density at radius 3 is 2.40 bits per heavy atom. The normalized spacial score (nSPS) is 14.4. The summed E-state index contributed by atoms with van der Waals surface area (Å²) in [5, 5.41) is 2.80. The van der Waals surface area contributed by atoms with Gasteiger partial charge in [-0.25, -0.2) is 8.78 Å². The lowest BCUT2D eigenvalue weighted by Gasteiger charge is -2.34. The number of halogens is 3. The van der Waals surface area contributed by atoms with E-state index in [2.05, 4.69) is 10.2 Å². The fourth-order valence-electron chi connectivity index (χ4n) is 3.05. The largest absolute Gasteiger partial charge is 0.484 e. The third-order valence-corrected chi connectivity index (χ3v) is 5.00. The van der Waals surface area contributed by atoms with E-state index in [1.54, 1.807) is 4.90 Å². The van der Waals surface area contributed by atoms with Gasteiger partial charge in [0.15, 0.2) is 6.61 Å². The highest BCUT2D eigenvalue weighted by molar-refractivity contribution is 6.30. The SMILES string of the molecule is O=C(CCN1CCN(C(=O)COc2ccc(F)cc2)CC1)Nc1ccc(Cl)cc1F. The van der Waals surface area contributed by atoms with Crippen molar-refractivity contribution in [1.29, 1.82) is 0 Å². The van der Waals surface area contributed by atoms with Crippen molar-refractivity contribution in [3.8, 4) is 5.75 Å². The summed E-state index contributed by atoms with van der Waals surface area (Å²) < 4.78 is 32.0. The van der Waals surface area contributed by atoms with E-state index in [1.807, 2.05) is 0 Å². The average molecular weight is 438 g/mol. The summed E-state index contributed by atoms with van der Waals surface area (Å²) in [5.41, 5.74) is 0.0981. The fourth-order valence-corrected chi connectivity index (χ4v) is 3.21. The van der Waals surface area contributed by atoms with Crippen LogP contribution >= 0.6 is 11.6 Å². The number of hydrogen-bond donors (Lipinski definition) is 1. The molecule has 1 fully saturated rings. The second-order valence-corrected chi connectivity index (χ2v) is 7.32. The Bertz CT molecular complexity index is 888. The number of benzene rings is 2. The molecule has 1 aliphatic heterocycles. The molecule has 1 saturated heterocycles. The van der Waals surface area contributed by atoms with Crippen LogP contribution < -0.4 is 10.1 Å². The standard InChI is InChI=1S/C21H22ClF2N3O3/c22-15-1-6-19(18(24)13-15)25-20(28)7-8-26-9-11-27(12-10-26)21(29)14-30-17-4-2-16(23)3-5-17/h1-6,13H,7-12,14H2,(H,25,28). The van der Waals surface area contributed by atoms with Crippen LogP contribution in [0.5, 0.6) is 5.75 Å². The first-order valence-corrected chi connectivity index (χ1v) is 9.92. The van der Waals surface area contributed by atoms with Crippen LogP contribution in [0.1, 0.15) is 6.42 Å². The number of nitrogens with one attached hydrogen (secondary N) is 1. The Kier molecular flexibility index (Phi) is 7.59. The number of hydrogen-bond acceptors (Lipinski definition) is 4. The number of rotatable bonds is 7. The molecule has 2 aromatic rings. The number of ether oxygens (including phenoxy) is 1. The molecule has 6 nitrogen and oxygen atoms in total. The first kappa shape index (κ1) is 22.0. The van der Waals surface area contributed by atoms with Gasteiger partial charge in [-0.05, 0) is 42.5 Å². The quantitative estimate of drug-likeness (QED) is 0.722. The Morgan fingerprint density at radius 2 is 1.73 bits per heavy atom. The van der Waals surface area contributed by atoms with Gasteiger partial charge in [0, 0.05) is 44.2 Å². The van der Waals surface area contributed by atoms with Gasteiger partial charge in [0.1, 0.15) is 17.4 Å². The van der Waals surface area contributed by atoms with Crippen molar-refractivity contribution in [3.63, 3.8) is 0 Å². The summed E-state index contributed by atoms with van der Waals surface area (Å²) in [4.78, 5) is 28.1. The summed E-state index contributed by atoms with van der Waals surface area (Å²) >= 11 is 5.70. The number of anilines is 1. The van der Waals surface area contributed by atoms with Crippen LogP contribution in [0.15, 0.2) is 42.5 Å². The van der Waals surface area contributed by atoms with E-state index < -0.39 is 5.82 Å². The molecule has 2 amide bonds. The number of nitrogens with zero attached hydrogens (tertiary/aromatic N) is 2. The van der Waals surface area contributed by atoms with Crippen LogP contribution in [-0.4, -0.2) is 60.9 Å². The lowest BCUT2D eigenvalue weighted by Crippen LogP contribution is -2.50. The van der Waals surface area contributed by atoms with Crippen LogP contribution in [0.3, 0.4) is 0 Å². The maximum absolute atomic E-state index is 13.7. The van der Waals surface area contributed by atoms with Crippen molar-refractivity contribution in [3.05, 3.63) is 59.1 Å². The molecule has 0 atom stereocenters. The molecule has 0 unspecified atom stereocenters. The number of piperazine rings is 1. The second-order valence-electron chi connectivity index (χ2n) is 6.89. The lowest BCUT2D eigenvalue weighted by atomic mass is 10.2. The predicted molar refractivity (Wildman–Crippen MR) is 110 cm³/mol. The van der Waals surface area contributed by atoms with Crippen molar-refractivity contribution in [2.75, 3.05) is 44.6 Å². The Morgan fingerprint density at radius 1 is 1.03 bits per heavy atom. The van der Waals surface area contributed by atoms with Gasteiger partial charge in [0.25, 0.3) is 5.91 Å². The van der Waals surface area contributed by atoms with Gasteiger partial charge in [-0.15, -0.1) is 0 Å². The van der Waals surface area contributed by atoms with E-state index in [9.17, 15) is 18.4 Å². The molecular formula is C21H22ClF2N3O3. The van der Waals surface area contributed by atoms with E-state index in [-0.39, 0.29) is 41.4 Å². The fraction of sp³-hybridized carbons (Fsp3) is 0.333. The Labute approximate surface area is 178 Å². The van der Waals surface area contributed by atoms with E-state index in [0.717, 1.165) is 6.07 Å². The summed E-state index contributed by atoms with van der Waals surface area (Å²) in [5.74, 6) is -0.938. The van der Waals surface area contributed by atoms with Crippen LogP contribution in [0.2, 0.25) is 5.02 Å². The van der Waals surface area contributed by atoms with Gasteiger partial charge >= 0.3 is 0 Å². The minimum absolute atomic E-state index is 0.0981. The van der Waals surface area contributed by atoms with Crippen LogP contribution in [-0.2, 0) is 9.59 Å². The van der Waals surface area contributed by atoms with Crippen molar-refractivity contribution in [1.82, 2.24) is 9.80 Å². The first-order chi connectivity index (χ1) is 14.4. The van der Waals surface area contributed by atoms with Gasteiger partial charge in [-0.2, -0.15) is 0 Å². The van der Waals surface area contributed by atoms with Gasteiger partial charge in [0.05, 0.1) is 5.69 Å². The monoisotopic (exact) mass is 437 g/mol. The van der Waals surface area contributed by atoms with E-state index >= 15 is 0 Å². The van der Waals surface area contributed by atoms with E-state index in [4.69, 9.17) is 16.3 Å². The highest BCUT2D eigenvalue weighted by Gasteiger charge is 2.22. The maximum Gasteiger partial charge on any atom is 0.260 e. The lowest BCUT2D eigenvalue weighted by molar-refractivity contribution is -0.135. The third kappa shape index (κ3) is 6.40. The second kappa shape index (κ2) is 10.4. The number of carbonyl (C=O) groups is 2. The van der Waals surface area contributed by atoms with Gasteiger partial charge < -0.3 is 15.0 Å². The molecule has 3 rings (SSSR count). The van der Waals surface area contributed by atoms with Gasteiger partial charge in [-0.3, -0.25) is 14.5 Å². The van der Waals surface area contributed by atoms with Crippen LogP contribution in [0, 0.1) is 11.6 Å². The minimum atomic E-state index is -0.578. The van der Waals surface area contributed by atoms with Gasteiger partial charge in [-0.1, -0.05) is 11.6 Å². The summed E-state index contributed by atoms with van der Waals surface area (Å²) in [6.45, 7) is 2.71. The topological polar surface area (TPSA) is 61.9 Å². The molecule has 2 aromatic carbocycles. The molecule has 30 heavy (non-hydrogen) atoms. The highest BCUT2D eigenvalue weighted by atomic mass is 35.5. The summed E-state index contributed by atoms with van der Waals surface area (Å²) in [7, 11) is 0. The van der Waals surface area contributed by atoms with Crippen molar-refractivity contribution in [2.45, 2.75) is 6.42 Å². The number of amides is 2. The van der Waals surface area contributed by atoms with E-state index in [1.165, 1.54) is 36.4 Å². The molecule has 1 N–H and O–H groups in total. The summed E-state index contributed by atoms with van der Waals surface area (Å²) in [6, 6.07) is 9.58. The van der Waals surface area contributed by atoms with Crippen molar-refractivity contribution < 1.29 is 23.1 Å². The summed E-state index contributed by atoms with van der Waals surface area (Å²) in [6.07, 6.45) is 0.212. The van der Waals surface area contributed by atoms with E-state index in [0.29, 0.717) is 38.5 Å². The molecule has 0 aliphatic carbocycles. The van der Waals surface area contributed by atoms with Gasteiger partial charge in [0.2, 0.25) is 5.91 Å². The third-order valence-electron chi connectivity index (χ3n) is 4.76. The molecule has 0 bridgehead atoms. The smallest absolute Gasteiger partial charge is 0.260 e. The first-order valence-electron chi connectivity index (χ1n) is 9.54. The molecule has 1 aliphatic rings. The van der Waals surface area contributed by atoms with Crippen LogP contribution in [0.25, 0.3) is 0 Å². The predicted octanol–water partition coefficient (Wildman–Crippen LogP) is 3.17. The maximum atomic E-state index is 13.7. The zero-order chi connectivity index (χ0) is 21.5. The molecular weight excluding hydrogens is 416 g/mol. The van der Waals surface area contributed by atoms with Crippen LogP contribution in [0.4, 0.5) is 14.5 Å². The molecule has 160 valence electrons. The Balaban J connectivity index is 1.36. The highest BCUT2D eigenvalue weighted by Crippen LogP contribution is 2.19. The zero-order valence-electron chi connectivity index (χ0n) is 16.2. The molecule has 9 heteroatoms. The minimum Gasteiger partial charge on any atom is -0.484 e. The van der Waals surface area contributed by atoms with Crippen molar-refractivity contribution >= 4 is 29.1 Å². The molecule has 1 heterocycles. The molecule has 0 aromatic heterocycles. The number of carbonyl (C=O) groups excluding carboxylic acids is 2. The Hall–Kier alpha value is -2.71. The average Bonchev–Trinajstić information content (AvgIpc) is 2.74. The zero-order valence-corrected chi connectivity index (χ0v) is 17.0. The molecule has 0 radical (unpaired) electrons.